The predicted octanol–water partition coefficient (Wildman–Crippen LogP) is 5.27. The van der Waals surface area contributed by atoms with Gasteiger partial charge in [-0.05, 0) is 97.2 Å². The highest BCUT2D eigenvalue weighted by atomic mass is 16.5. The average molecular weight is 503 g/mol. The number of allylic oxidation sites excluding steroid dienone is 2. The second kappa shape index (κ2) is 8.05. The fraction of sp³-hybridized carbons (Fsp3) is 0.903. The molecular formula is C31H50O5. The molecule has 0 aromatic carbocycles. The summed E-state index contributed by atoms with van der Waals surface area (Å²) in [6.45, 7) is 13.9. The van der Waals surface area contributed by atoms with Gasteiger partial charge in [0.05, 0.1) is 31.3 Å². The van der Waals surface area contributed by atoms with E-state index in [0.717, 1.165) is 51.4 Å². The quantitative estimate of drug-likeness (QED) is 0.354. The SMILES string of the molecule is COC(=O)[C@]12CCC(C)(C)C[C@H]1C1=CC[C@@H]3[C@@]4(C)C[C@H](O)[C@H](O)[C@](C)(CO)[C@@H]4CC[C@@]3(C)[C@]1(C)CC2. The molecule has 0 aromatic rings. The van der Waals surface area contributed by atoms with Crippen molar-refractivity contribution in [2.45, 2.75) is 112 Å². The van der Waals surface area contributed by atoms with E-state index in [1.165, 1.54) is 5.57 Å². The van der Waals surface area contributed by atoms with Crippen molar-refractivity contribution >= 4 is 5.97 Å². The van der Waals surface area contributed by atoms with Crippen LogP contribution in [-0.2, 0) is 9.53 Å². The summed E-state index contributed by atoms with van der Waals surface area (Å²) in [6, 6.07) is 0. The molecule has 3 N–H and O–H groups in total. The van der Waals surface area contributed by atoms with Gasteiger partial charge in [-0.3, -0.25) is 4.79 Å². The summed E-state index contributed by atoms with van der Waals surface area (Å²) in [5.74, 6) is 0.721. The number of aliphatic hydroxyl groups is 3. The zero-order valence-corrected chi connectivity index (χ0v) is 23.7. The van der Waals surface area contributed by atoms with E-state index in [1.807, 2.05) is 6.92 Å². The van der Waals surface area contributed by atoms with E-state index in [9.17, 15) is 20.1 Å². The van der Waals surface area contributed by atoms with Crippen molar-refractivity contribution in [3.63, 3.8) is 0 Å². The fourth-order valence-electron chi connectivity index (χ4n) is 11.0. The molecule has 0 bridgehead atoms. The summed E-state index contributed by atoms with van der Waals surface area (Å²) in [4.78, 5) is 13.4. The summed E-state index contributed by atoms with van der Waals surface area (Å²) in [6.07, 6.45) is 9.16. The highest BCUT2D eigenvalue weighted by molar-refractivity contribution is 5.78. The number of methoxy groups -OCH3 is 1. The Balaban J connectivity index is 1.61. The van der Waals surface area contributed by atoms with E-state index in [0.29, 0.717) is 12.3 Å². The van der Waals surface area contributed by atoms with Crippen LogP contribution in [0.25, 0.3) is 0 Å². The number of carbonyl (C=O) groups is 1. The van der Waals surface area contributed by atoms with Crippen molar-refractivity contribution in [1.82, 2.24) is 0 Å². The van der Waals surface area contributed by atoms with E-state index in [-0.39, 0.29) is 46.1 Å². The lowest BCUT2D eigenvalue weighted by molar-refractivity contribution is -0.243. The van der Waals surface area contributed by atoms with Crippen molar-refractivity contribution in [3.8, 4) is 0 Å². The standard InChI is InChI=1S/C31H50O5/c1-26(2)12-14-31(25(35)36-7)15-13-29(5)19(20(31)16-26)8-9-23-27(3)17-21(33)24(34)28(4,18-32)22(27)10-11-30(23,29)6/h8,20-24,32-34H,9-18H2,1-7H3/t20-,21-,22+,23+,24-,27-,28+,29+,30+,31-/m0/s1. The molecule has 0 spiro atoms. The van der Waals surface area contributed by atoms with Crippen LogP contribution in [-0.4, -0.2) is 47.2 Å². The van der Waals surface area contributed by atoms with Crippen molar-refractivity contribution in [2.75, 3.05) is 13.7 Å². The molecule has 4 saturated carbocycles. The highest BCUT2D eigenvalue weighted by Gasteiger charge is 2.70. The molecule has 5 aliphatic rings. The maximum absolute atomic E-state index is 13.4. The molecule has 0 aliphatic heterocycles. The molecule has 0 amide bonds. The Morgan fingerprint density at radius 3 is 2.28 bits per heavy atom. The Hall–Kier alpha value is -0.910. The third kappa shape index (κ3) is 3.14. The topological polar surface area (TPSA) is 87.0 Å². The number of rotatable bonds is 2. The van der Waals surface area contributed by atoms with Crippen molar-refractivity contribution in [2.24, 2.45) is 50.2 Å². The number of hydrogen-bond donors (Lipinski definition) is 3. The molecule has 0 unspecified atom stereocenters. The minimum atomic E-state index is -0.893. The van der Waals surface area contributed by atoms with Gasteiger partial charge in [0.15, 0.2) is 0 Å². The van der Waals surface area contributed by atoms with Crippen LogP contribution in [0.5, 0.6) is 0 Å². The number of esters is 1. The molecule has 4 fully saturated rings. The first kappa shape index (κ1) is 26.7. The third-order valence-electron chi connectivity index (χ3n) is 13.3. The smallest absolute Gasteiger partial charge is 0.312 e. The monoisotopic (exact) mass is 502 g/mol. The molecule has 0 saturated heterocycles. The molecule has 0 aromatic heterocycles. The lowest BCUT2D eigenvalue weighted by atomic mass is 9.33. The van der Waals surface area contributed by atoms with Crippen LogP contribution in [0.1, 0.15) is 99.3 Å². The maximum atomic E-state index is 13.4. The lowest BCUT2D eigenvalue weighted by Crippen LogP contribution is -2.68. The van der Waals surface area contributed by atoms with Crippen LogP contribution in [0.3, 0.4) is 0 Å². The Labute approximate surface area is 218 Å². The average Bonchev–Trinajstić information content (AvgIpc) is 2.82. The highest BCUT2D eigenvalue weighted by Crippen LogP contribution is 2.75. The number of ether oxygens (including phenoxy) is 1. The van der Waals surface area contributed by atoms with Gasteiger partial charge in [-0.25, -0.2) is 0 Å². The molecule has 10 atom stereocenters. The summed E-state index contributed by atoms with van der Waals surface area (Å²) in [7, 11) is 1.55. The second-order valence-electron chi connectivity index (χ2n) is 15.2. The van der Waals surface area contributed by atoms with Crippen LogP contribution in [0.15, 0.2) is 11.6 Å². The van der Waals surface area contributed by atoms with Gasteiger partial charge in [0.25, 0.3) is 0 Å². The number of carbonyl (C=O) groups excluding carboxylic acids is 1. The van der Waals surface area contributed by atoms with E-state index in [4.69, 9.17) is 4.74 Å². The number of aliphatic hydroxyl groups excluding tert-OH is 3. The fourth-order valence-corrected chi connectivity index (χ4v) is 11.0. The molecule has 5 aliphatic carbocycles. The zero-order valence-electron chi connectivity index (χ0n) is 23.7. The van der Waals surface area contributed by atoms with Crippen LogP contribution in [0, 0.1) is 50.2 Å². The lowest BCUT2D eigenvalue weighted by Gasteiger charge is -2.71. The Kier molecular flexibility index (Phi) is 5.97. The molecule has 5 rings (SSSR count). The summed E-state index contributed by atoms with van der Waals surface area (Å²) in [5.41, 5.74) is 0.445. The molecule has 0 radical (unpaired) electrons. The van der Waals surface area contributed by atoms with Crippen LogP contribution in [0.4, 0.5) is 0 Å². The maximum Gasteiger partial charge on any atom is 0.312 e. The van der Waals surface area contributed by atoms with Gasteiger partial charge in [-0.15, -0.1) is 0 Å². The molecule has 5 heteroatoms. The van der Waals surface area contributed by atoms with Crippen molar-refractivity contribution in [1.29, 1.82) is 0 Å². The first-order valence-electron chi connectivity index (χ1n) is 14.4. The van der Waals surface area contributed by atoms with Crippen molar-refractivity contribution in [3.05, 3.63) is 11.6 Å². The van der Waals surface area contributed by atoms with Gasteiger partial charge >= 0.3 is 5.97 Å². The van der Waals surface area contributed by atoms with E-state index < -0.39 is 23.0 Å². The van der Waals surface area contributed by atoms with Gasteiger partial charge in [-0.1, -0.05) is 53.2 Å². The van der Waals surface area contributed by atoms with Gasteiger partial charge in [0, 0.05) is 5.41 Å². The van der Waals surface area contributed by atoms with E-state index in [1.54, 1.807) is 7.11 Å². The Morgan fingerprint density at radius 1 is 0.972 bits per heavy atom. The van der Waals surface area contributed by atoms with Crippen LogP contribution < -0.4 is 0 Å². The second-order valence-corrected chi connectivity index (χ2v) is 15.2. The zero-order chi connectivity index (χ0) is 26.5. The largest absolute Gasteiger partial charge is 0.469 e. The van der Waals surface area contributed by atoms with Gasteiger partial charge < -0.3 is 20.1 Å². The summed E-state index contributed by atoms with van der Waals surface area (Å²) in [5, 5.41) is 32.4. The van der Waals surface area contributed by atoms with Gasteiger partial charge in [0.2, 0.25) is 0 Å². The minimum absolute atomic E-state index is 0.0167. The molecule has 5 nitrogen and oxygen atoms in total. The van der Waals surface area contributed by atoms with Crippen molar-refractivity contribution < 1.29 is 24.9 Å². The number of hydrogen-bond acceptors (Lipinski definition) is 5. The third-order valence-corrected chi connectivity index (χ3v) is 13.3. The Bertz CT molecular complexity index is 957. The summed E-state index contributed by atoms with van der Waals surface area (Å²) < 4.78 is 5.47. The normalized spacial score (nSPS) is 53.7. The minimum Gasteiger partial charge on any atom is -0.469 e. The van der Waals surface area contributed by atoms with Crippen LogP contribution in [0.2, 0.25) is 0 Å². The van der Waals surface area contributed by atoms with E-state index in [2.05, 4.69) is 40.7 Å². The molecule has 0 heterocycles. The van der Waals surface area contributed by atoms with Crippen LogP contribution >= 0.6 is 0 Å². The molecular weight excluding hydrogens is 452 g/mol. The van der Waals surface area contributed by atoms with Gasteiger partial charge in [0.1, 0.15) is 0 Å². The van der Waals surface area contributed by atoms with Gasteiger partial charge in [-0.2, -0.15) is 0 Å². The predicted molar refractivity (Wildman–Crippen MR) is 140 cm³/mol. The Morgan fingerprint density at radius 2 is 1.64 bits per heavy atom. The van der Waals surface area contributed by atoms with E-state index >= 15 is 0 Å². The first-order chi connectivity index (χ1) is 16.7. The number of fused-ring (bicyclic) bond motifs is 7. The first-order valence-corrected chi connectivity index (χ1v) is 14.4. The molecule has 204 valence electrons. The molecule has 36 heavy (non-hydrogen) atoms. The summed E-state index contributed by atoms with van der Waals surface area (Å²) >= 11 is 0.